The van der Waals surface area contributed by atoms with Crippen LogP contribution in [-0.4, -0.2) is 5.11 Å². The average Bonchev–Trinajstić information content (AvgIpc) is 2.50. The summed E-state index contributed by atoms with van der Waals surface area (Å²) in [6.45, 7) is 12.4. The van der Waals surface area contributed by atoms with Crippen LogP contribution in [0.5, 0.6) is 5.75 Å². The Kier molecular flexibility index (Phi) is 9.24. The van der Waals surface area contributed by atoms with Gasteiger partial charge in [0.2, 0.25) is 0 Å². The van der Waals surface area contributed by atoms with Crippen molar-refractivity contribution in [1.29, 1.82) is 0 Å². The van der Waals surface area contributed by atoms with Gasteiger partial charge in [0.05, 0.1) is 0 Å². The van der Waals surface area contributed by atoms with Crippen LogP contribution < -0.4 is 10.6 Å². The molecule has 1 nitrogen and oxygen atoms in total. The van der Waals surface area contributed by atoms with E-state index < -0.39 is 28.7 Å². The van der Waals surface area contributed by atoms with E-state index in [2.05, 4.69) is 20.8 Å². The minimum atomic E-state index is -0.593. The van der Waals surface area contributed by atoms with Gasteiger partial charge in [-0.3, -0.25) is 0 Å². The number of aromatic hydroxyl groups is 1. The van der Waals surface area contributed by atoms with Crippen LogP contribution in [0.3, 0.4) is 0 Å². The minimum absolute atomic E-state index is 0.0700. The summed E-state index contributed by atoms with van der Waals surface area (Å²) >= 11 is -0.556. The van der Waals surface area contributed by atoms with Gasteiger partial charge in [0.15, 0.2) is 0 Å². The molecule has 0 aliphatic rings. The predicted molar refractivity (Wildman–Crippen MR) is 111 cm³/mol. The van der Waals surface area contributed by atoms with E-state index >= 15 is 0 Å². The van der Waals surface area contributed by atoms with Crippen LogP contribution in [0.2, 0.25) is 0 Å². The van der Waals surface area contributed by atoms with Gasteiger partial charge in [0.25, 0.3) is 0 Å². The Morgan fingerprint density at radius 3 is 1.89 bits per heavy atom. The summed E-state index contributed by atoms with van der Waals surface area (Å²) < 4.78 is 27.1. The molecule has 0 aromatic heterocycles. The zero-order valence-corrected chi connectivity index (χ0v) is 20.4. The first-order valence-corrected chi connectivity index (χ1v) is 13.7. The molecule has 0 radical (unpaired) electrons. The van der Waals surface area contributed by atoms with Crippen molar-refractivity contribution in [3.63, 3.8) is 0 Å². The van der Waals surface area contributed by atoms with Crippen molar-refractivity contribution >= 4 is 37.8 Å². The number of hydrogen-bond donors (Lipinski definition) is 1. The molecule has 0 saturated heterocycles. The Morgan fingerprint density at radius 1 is 0.889 bits per heavy atom. The van der Waals surface area contributed by atoms with Gasteiger partial charge < -0.3 is 5.11 Å². The van der Waals surface area contributed by atoms with Crippen LogP contribution >= 0.6 is 27.2 Å². The quantitative estimate of drug-likeness (QED) is 0.406. The molecule has 1 unspecified atom stereocenters. The monoisotopic (exact) mass is 468 g/mol. The van der Waals surface area contributed by atoms with E-state index in [9.17, 15) is 13.9 Å². The fraction of sp³-hybridized carbons (Fsp3) is 0.400. The summed E-state index contributed by atoms with van der Waals surface area (Å²) in [4.78, 5) is 0. The maximum atomic E-state index is 14.0. The van der Waals surface area contributed by atoms with Gasteiger partial charge in [-0.05, 0) is 34.6 Å². The van der Waals surface area contributed by atoms with Crippen molar-refractivity contribution in [3.8, 4) is 5.75 Å². The predicted octanol–water partition coefficient (Wildman–Crippen LogP) is 6.27. The van der Waals surface area contributed by atoms with Crippen molar-refractivity contribution in [2.24, 2.45) is 0 Å². The Morgan fingerprint density at radius 2 is 1.44 bits per heavy atom. The second-order valence-electron chi connectivity index (χ2n) is 8.24. The van der Waals surface area contributed by atoms with Crippen LogP contribution in [-0.2, 0) is 27.9 Å². The number of phenolic OH excluding ortho intramolecular Hbond substituents is 1. The first-order chi connectivity index (χ1) is 12.3. The summed E-state index contributed by atoms with van der Waals surface area (Å²) in [6, 6.07) is 7.55. The van der Waals surface area contributed by atoms with Crippen LogP contribution in [0.1, 0.15) is 52.7 Å². The van der Waals surface area contributed by atoms with Gasteiger partial charge in [0.1, 0.15) is 17.4 Å². The molecule has 2 aromatic carbocycles. The molecule has 0 heterocycles. The molecule has 2 aromatic rings. The van der Waals surface area contributed by atoms with E-state index in [1.807, 2.05) is 32.9 Å². The topological polar surface area (TPSA) is 20.2 Å². The van der Waals surface area contributed by atoms with Crippen molar-refractivity contribution < 1.29 is 30.9 Å². The fourth-order valence-electron chi connectivity index (χ4n) is 2.47. The summed E-state index contributed by atoms with van der Waals surface area (Å²) in [5.41, 5.74) is 1.62. The standard InChI is InChI=1S/C20H25F2OP.2ClH.Ti/c1-19(2,3)12-9-14(20(4,5)6)18(23)17(10-12)24-16-8-7-13(21)11-15(16)22;;;/h7-11,23-24H,1-6H3;2*1H;/q;;;+2/p-2. The molecule has 0 amide bonds. The maximum absolute atomic E-state index is 14.0. The molecule has 27 heavy (non-hydrogen) atoms. The van der Waals surface area contributed by atoms with Crippen LogP contribution in [0.25, 0.3) is 0 Å². The van der Waals surface area contributed by atoms with Gasteiger partial charge in [-0.15, -0.1) is 0 Å². The van der Waals surface area contributed by atoms with Gasteiger partial charge >= 0.3 is 35.6 Å². The average molecular weight is 469 g/mol. The second kappa shape index (κ2) is 10.0. The third kappa shape index (κ3) is 7.30. The van der Waals surface area contributed by atoms with Crippen molar-refractivity contribution in [3.05, 3.63) is 53.1 Å². The van der Waals surface area contributed by atoms with Crippen molar-refractivity contribution in [1.82, 2.24) is 0 Å². The third-order valence-corrected chi connectivity index (χ3v) is 5.31. The molecular formula is C20H25Cl2F2OPTi. The van der Waals surface area contributed by atoms with E-state index in [4.69, 9.17) is 18.6 Å². The third-order valence-electron chi connectivity index (χ3n) is 3.98. The zero-order valence-electron chi connectivity index (χ0n) is 16.3. The molecule has 0 fully saturated rings. The Hall–Kier alpha value is -0.176. The fourth-order valence-corrected chi connectivity index (χ4v) is 3.60. The molecule has 0 spiro atoms. The van der Waals surface area contributed by atoms with E-state index in [-0.39, 0.29) is 25.2 Å². The Balaban J connectivity index is 0.00000114. The van der Waals surface area contributed by atoms with Gasteiger partial charge in [-0.2, -0.15) is 0 Å². The Labute approximate surface area is 179 Å². The van der Waals surface area contributed by atoms with Crippen molar-refractivity contribution in [2.45, 2.75) is 52.4 Å². The van der Waals surface area contributed by atoms with Crippen LogP contribution in [0.15, 0.2) is 30.3 Å². The van der Waals surface area contributed by atoms with E-state index in [1.54, 1.807) is 0 Å². The van der Waals surface area contributed by atoms with E-state index in [0.717, 1.165) is 17.2 Å². The zero-order chi connectivity index (χ0) is 21.0. The number of hydrogen-bond acceptors (Lipinski definition) is 1. The number of rotatable bonds is 2. The molecule has 7 heteroatoms. The molecule has 2 rings (SSSR count). The molecule has 0 aliphatic carbocycles. The first-order valence-electron chi connectivity index (χ1n) is 8.37. The normalized spacial score (nSPS) is 12.1. The number of halogens is 4. The van der Waals surface area contributed by atoms with Crippen LogP contribution in [0.4, 0.5) is 8.78 Å². The van der Waals surface area contributed by atoms with E-state index in [0.29, 0.717) is 10.6 Å². The molecule has 0 bridgehead atoms. The summed E-state index contributed by atoms with van der Waals surface area (Å²) in [5, 5.41) is 11.8. The summed E-state index contributed by atoms with van der Waals surface area (Å²) in [6.07, 6.45) is 0. The van der Waals surface area contributed by atoms with Crippen molar-refractivity contribution in [2.75, 3.05) is 0 Å². The summed E-state index contributed by atoms with van der Waals surface area (Å²) in [5.74, 6) is -0.965. The molecule has 0 aliphatic heterocycles. The summed E-state index contributed by atoms with van der Waals surface area (Å²) in [7, 11) is 9.71. The molecule has 0 saturated carbocycles. The molecule has 148 valence electrons. The van der Waals surface area contributed by atoms with E-state index in [1.165, 1.54) is 12.1 Å². The molecule has 1 N–H and O–H groups in total. The molecular weight excluding hydrogens is 444 g/mol. The number of phenols is 1. The van der Waals surface area contributed by atoms with Gasteiger partial charge in [0, 0.05) is 22.2 Å². The SMILES string of the molecule is CC(C)(C)c1cc(Pc2ccc(F)cc2F)c(O)c(C(C)(C)C)c1.[Cl][Ti][Cl]. The van der Waals surface area contributed by atoms with Crippen LogP contribution in [0, 0.1) is 11.6 Å². The van der Waals surface area contributed by atoms with Gasteiger partial charge in [-0.25, -0.2) is 8.78 Å². The molecule has 1 atom stereocenters. The second-order valence-corrected chi connectivity index (χ2v) is 12.1. The number of benzene rings is 2. The first kappa shape index (κ1) is 24.9. The van der Waals surface area contributed by atoms with Gasteiger partial charge in [-0.1, -0.05) is 56.2 Å². The Bertz CT molecular complexity index is 787.